The first-order valence-electron chi connectivity index (χ1n) is 23.9. The topological polar surface area (TPSA) is 157 Å². The molecule has 0 bridgehead atoms. The van der Waals surface area contributed by atoms with E-state index in [-0.39, 0.29) is 18.9 Å². The summed E-state index contributed by atoms with van der Waals surface area (Å²) in [4.78, 5) is 0. The molecule has 4 rings (SSSR count). The Morgan fingerprint density at radius 3 is 0.953 bits per heavy atom. The Kier molecular flexibility index (Phi) is 34.1. The summed E-state index contributed by atoms with van der Waals surface area (Å²) in [5.74, 6) is 0. The third-order valence-electron chi connectivity index (χ3n) is 10.4. The molecule has 3 aliphatic rings. The van der Waals surface area contributed by atoms with Crippen LogP contribution in [0.5, 0.6) is 0 Å². The number of hydrogen-bond acceptors (Lipinski definition) is 17. The summed E-state index contributed by atoms with van der Waals surface area (Å²) in [5.41, 5.74) is 0.521. The first-order valence-corrected chi connectivity index (χ1v) is 23.9. The van der Waals surface area contributed by atoms with Crippen LogP contribution in [0, 0.1) is 5.41 Å². The van der Waals surface area contributed by atoms with Gasteiger partial charge >= 0.3 is 0 Å². The molecule has 17 heteroatoms. The zero-order valence-electron chi connectivity index (χ0n) is 38.7. The van der Waals surface area contributed by atoms with Crippen molar-refractivity contribution in [2.75, 3.05) is 178 Å². The van der Waals surface area contributed by atoms with Crippen molar-refractivity contribution in [1.82, 2.24) is 0 Å². The van der Waals surface area contributed by atoms with E-state index < -0.39 is 5.41 Å². The lowest BCUT2D eigenvalue weighted by atomic mass is 9.92. The molecule has 0 amide bonds. The molecule has 3 fully saturated rings. The van der Waals surface area contributed by atoms with E-state index in [1.807, 2.05) is 30.3 Å². The predicted octanol–water partition coefficient (Wildman–Crippen LogP) is 4.99. The molecule has 0 saturated carbocycles. The van der Waals surface area contributed by atoms with E-state index in [1.54, 1.807) is 0 Å². The zero-order chi connectivity index (χ0) is 44.5. The van der Waals surface area contributed by atoms with Crippen LogP contribution in [-0.2, 0) is 87.1 Å². The summed E-state index contributed by atoms with van der Waals surface area (Å²) in [5, 5.41) is 0. The van der Waals surface area contributed by atoms with Gasteiger partial charge in [-0.15, -0.1) is 0 Å². The van der Waals surface area contributed by atoms with Crippen LogP contribution >= 0.6 is 0 Å². The Balaban J connectivity index is 1.13. The van der Waals surface area contributed by atoms with Crippen LogP contribution in [0.4, 0.5) is 0 Å². The van der Waals surface area contributed by atoms with Gasteiger partial charge < -0.3 is 80.5 Å². The van der Waals surface area contributed by atoms with Crippen LogP contribution in [-0.4, -0.2) is 197 Å². The largest absolute Gasteiger partial charge is 0.378 e. The monoisotopic (exact) mass is 919 g/mol. The van der Waals surface area contributed by atoms with E-state index >= 15 is 0 Å². The van der Waals surface area contributed by atoms with Gasteiger partial charge in [-0.1, -0.05) is 30.3 Å². The van der Waals surface area contributed by atoms with Gasteiger partial charge in [0.15, 0.2) is 18.9 Å². The Labute approximate surface area is 382 Å². The van der Waals surface area contributed by atoms with Crippen molar-refractivity contribution in [3.63, 3.8) is 0 Å². The minimum absolute atomic E-state index is 0.134. The predicted molar refractivity (Wildman–Crippen MR) is 235 cm³/mol. The van der Waals surface area contributed by atoms with Crippen molar-refractivity contribution >= 4 is 0 Å². The van der Waals surface area contributed by atoms with Gasteiger partial charge in [-0.2, -0.15) is 0 Å². The SMILES string of the molecule is c1ccc(COCCOCCOCCOCCOCC(COCCOCCOC2CCCCO2)(COCCOCCOC2CCCCO2)COCCOCCOC2CCCCO2)cc1. The minimum atomic E-state index is -0.625. The summed E-state index contributed by atoms with van der Waals surface area (Å²) < 4.78 is 99.2. The van der Waals surface area contributed by atoms with Gasteiger partial charge in [0.25, 0.3) is 0 Å². The molecule has 0 N–H and O–H groups in total. The Bertz CT molecular complexity index is 1050. The standard InChI is InChI=1S/C47H82O17/c1-2-10-43(11-3-1)38-54-27-22-49-20-18-48-19-21-50-23-28-55-39-47(40-56-29-24-51-32-35-62-44-12-4-7-15-59-44,41-57-30-25-52-33-36-63-45-13-5-8-16-60-45)42-58-31-26-53-34-37-64-46-14-6-9-17-61-46/h1-3,10-11,44-46H,4-9,12-42H2. The molecule has 0 aromatic heterocycles. The molecule has 64 heavy (non-hydrogen) atoms. The molecule has 0 aliphatic carbocycles. The average molecular weight is 919 g/mol. The van der Waals surface area contributed by atoms with E-state index in [4.69, 9.17) is 80.5 Å². The molecule has 0 radical (unpaired) electrons. The molecule has 3 saturated heterocycles. The second kappa shape index (κ2) is 39.5. The molecule has 372 valence electrons. The van der Waals surface area contributed by atoms with Crippen molar-refractivity contribution in [1.29, 1.82) is 0 Å². The van der Waals surface area contributed by atoms with Crippen molar-refractivity contribution < 1.29 is 80.5 Å². The van der Waals surface area contributed by atoms with Gasteiger partial charge in [-0.3, -0.25) is 0 Å². The molecule has 1 aromatic carbocycles. The van der Waals surface area contributed by atoms with Crippen LogP contribution in [0.1, 0.15) is 63.4 Å². The summed E-state index contributed by atoms with van der Waals surface area (Å²) in [6.45, 7) is 13.1. The lowest BCUT2D eigenvalue weighted by Gasteiger charge is -2.33. The molecule has 1 aromatic rings. The van der Waals surface area contributed by atoms with Gasteiger partial charge in [-0.05, 0) is 63.4 Å². The van der Waals surface area contributed by atoms with Crippen molar-refractivity contribution in [3.8, 4) is 0 Å². The highest BCUT2D eigenvalue weighted by Crippen LogP contribution is 2.21. The summed E-state index contributed by atoms with van der Waals surface area (Å²) >= 11 is 0. The molecule has 3 heterocycles. The smallest absolute Gasteiger partial charge is 0.157 e. The third kappa shape index (κ3) is 29.3. The van der Waals surface area contributed by atoms with Gasteiger partial charge in [-0.25, -0.2) is 0 Å². The molecule has 3 aliphatic heterocycles. The normalized spacial score (nSPS) is 20.4. The first kappa shape index (κ1) is 55.1. The van der Waals surface area contributed by atoms with E-state index in [9.17, 15) is 0 Å². The second-order valence-electron chi connectivity index (χ2n) is 15.9. The van der Waals surface area contributed by atoms with Crippen LogP contribution in [0.25, 0.3) is 0 Å². The number of rotatable bonds is 43. The maximum Gasteiger partial charge on any atom is 0.157 e. The molecule has 17 nitrogen and oxygen atoms in total. The fourth-order valence-corrected chi connectivity index (χ4v) is 6.85. The quantitative estimate of drug-likeness (QED) is 0.0808. The highest BCUT2D eigenvalue weighted by atomic mass is 16.7. The number of hydrogen-bond donors (Lipinski definition) is 0. The van der Waals surface area contributed by atoms with E-state index in [0.717, 1.165) is 83.2 Å². The van der Waals surface area contributed by atoms with Gasteiger partial charge in [0.2, 0.25) is 0 Å². The summed E-state index contributed by atoms with van der Waals surface area (Å²) in [6, 6.07) is 10.1. The third-order valence-corrected chi connectivity index (χ3v) is 10.4. The lowest BCUT2D eigenvalue weighted by molar-refractivity contribution is -0.171. The second-order valence-corrected chi connectivity index (χ2v) is 15.9. The first-order chi connectivity index (χ1) is 31.8. The van der Waals surface area contributed by atoms with Crippen molar-refractivity contribution in [2.45, 2.75) is 83.3 Å². The number of ether oxygens (including phenoxy) is 17. The highest BCUT2D eigenvalue weighted by Gasteiger charge is 2.33. The maximum atomic E-state index is 6.21. The molecule has 0 spiro atoms. The molecule has 3 atom stereocenters. The molecule has 3 unspecified atom stereocenters. The Morgan fingerprint density at radius 2 is 0.641 bits per heavy atom. The summed E-state index contributed by atoms with van der Waals surface area (Å²) in [6.07, 6.45) is 9.01. The minimum Gasteiger partial charge on any atom is -0.378 e. The van der Waals surface area contributed by atoms with E-state index in [2.05, 4.69) is 0 Å². The van der Waals surface area contributed by atoms with Gasteiger partial charge in [0, 0.05) is 19.8 Å². The highest BCUT2D eigenvalue weighted by molar-refractivity contribution is 5.13. The van der Waals surface area contributed by atoms with Crippen molar-refractivity contribution in [3.05, 3.63) is 35.9 Å². The van der Waals surface area contributed by atoms with Crippen LogP contribution in [0.3, 0.4) is 0 Å². The zero-order valence-corrected chi connectivity index (χ0v) is 38.7. The van der Waals surface area contributed by atoms with Crippen LogP contribution < -0.4 is 0 Å². The van der Waals surface area contributed by atoms with Crippen molar-refractivity contribution in [2.24, 2.45) is 5.41 Å². The molecular formula is C47H82O17. The number of benzene rings is 1. The lowest BCUT2D eigenvalue weighted by Crippen LogP contribution is -2.43. The van der Waals surface area contributed by atoms with Crippen LogP contribution in [0.2, 0.25) is 0 Å². The summed E-state index contributed by atoms with van der Waals surface area (Å²) in [7, 11) is 0. The van der Waals surface area contributed by atoms with E-state index in [0.29, 0.717) is 165 Å². The van der Waals surface area contributed by atoms with Crippen LogP contribution in [0.15, 0.2) is 30.3 Å². The maximum absolute atomic E-state index is 6.21. The average Bonchev–Trinajstić information content (AvgIpc) is 3.34. The fraction of sp³-hybridized carbons (Fsp3) is 0.872. The fourth-order valence-electron chi connectivity index (χ4n) is 6.85. The molecular weight excluding hydrogens is 836 g/mol. The van der Waals surface area contributed by atoms with Gasteiger partial charge in [0.1, 0.15) is 0 Å². The van der Waals surface area contributed by atoms with E-state index in [1.165, 1.54) is 0 Å². The van der Waals surface area contributed by atoms with Gasteiger partial charge in [0.05, 0.1) is 171 Å². The Morgan fingerprint density at radius 1 is 0.344 bits per heavy atom. The Hall–Kier alpha value is -1.46.